The summed E-state index contributed by atoms with van der Waals surface area (Å²) in [5.74, 6) is 1.13. The second-order valence-corrected chi connectivity index (χ2v) is 3.08. The molecule has 6 heteroatoms. The first-order chi connectivity index (χ1) is 6.83. The lowest BCUT2D eigenvalue weighted by atomic mass is 10.5. The van der Waals surface area contributed by atoms with E-state index in [-0.39, 0.29) is 0 Å². The van der Waals surface area contributed by atoms with E-state index >= 15 is 0 Å². The number of aromatic nitrogens is 5. The zero-order valence-corrected chi connectivity index (χ0v) is 8.52. The van der Waals surface area contributed by atoms with Gasteiger partial charge in [0.2, 0.25) is 0 Å². The standard InChI is InChI=1S/C8H10ClN5/c1-2-13-4-3-8(11-13)14-6-7(5-9)10-12-14/h3-4,6H,2,5H2,1H3. The first-order valence-electron chi connectivity index (χ1n) is 4.34. The number of aryl methyl sites for hydroxylation is 1. The summed E-state index contributed by atoms with van der Waals surface area (Å²) < 4.78 is 3.45. The number of rotatable bonds is 3. The second kappa shape index (κ2) is 3.79. The molecule has 2 rings (SSSR count). The normalized spacial score (nSPS) is 10.7. The predicted octanol–water partition coefficient (Wildman–Crippen LogP) is 1.22. The van der Waals surface area contributed by atoms with Crippen LogP contribution in [0.3, 0.4) is 0 Å². The van der Waals surface area contributed by atoms with E-state index in [1.807, 2.05) is 23.9 Å². The fourth-order valence-electron chi connectivity index (χ4n) is 1.12. The summed E-state index contributed by atoms with van der Waals surface area (Å²) in [5.41, 5.74) is 0.748. The molecule has 74 valence electrons. The van der Waals surface area contributed by atoms with E-state index in [1.165, 1.54) is 0 Å². The molecule has 0 spiro atoms. The van der Waals surface area contributed by atoms with E-state index < -0.39 is 0 Å². The minimum Gasteiger partial charge on any atom is -0.271 e. The molecule has 0 bridgehead atoms. The van der Waals surface area contributed by atoms with Gasteiger partial charge in [-0.15, -0.1) is 16.7 Å². The molecule has 0 aromatic carbocycles. The zero-order valence-electron chi connectivity index (χ0n) is 7.76. The predicted molar refractivity (Wildman–Crippen MR) is 52.4 cm³/mol. The van der Waals surface area contributed by atoms with Gasteiger partial charge in [0.15, 0.2) is 5.82 Å². The lowest BCUT2D eigenvalue weighted by molar-refractivity contribution is 0.642. The lowest BCUT2D eigenvalue weighted by Gasteiger charge is -1.93. The van der Waals surface area contributed by atoms with Crippen LogP contribution in [0.4, 0.5) is 0 Å². The molecule has 0 saturated heterocycles. The molecule has 0 radical (unpaired) electrons. The van der Waals surface area contributed by atoms with E-state index in [4.69, 9.17) is 11.6 Å². The van der Waals surface area contributed by atoms with Crippen LogP contribution in [-0.2, 0) is 12.4 Å². The molecule has 0 N–H and O–H groups in total. The van der Waals surface area contributed by atoms with E-state index in [2.05, 4.69) is 15.4 Å². The van der Waals surface area contributed by atoms with E-state index in [1.54, 1.807) is 10.9 Å². The summed E-state index contributed by atoms with van der Waals surface area (Å²) in [6.45, 7) is 2.87. The summed E-state index contributed by atoms with van der Waals surface area (Å²) in [7, 11) is 0. The van der Waals surface area contributed by atoms with Gasteiger partial charge in [-0.25, -0.2) is 4.68 Å². The van der Waals surface area contributed by atoms with Crippen molar-refractivity contribution in [1.29, 1.82) is 0 Å². The summed E-state index contributed by atoms with van der Waals surface area (Å²) in [4.78, 5) is 0. The Morgan fingerprint density at radius 1 is 1.50 bits per heavy atom. The SMILES string of the molecule is CCn1ccc(-n2cc(CCl)nn2)n1. The smallest absolute Gasteiger partial charge is 0.176 e. The van der Waals surface area contributed by atoms with Gasteiger partial charge in [0, 0.05) is 18.8 Å². The number of nitrogens with zero attached hydrogens (tertiary/aromatic N) is 5. The van der Waals surface area contributed by atoms with Crippen LogP contribution in [0.1, 0.15) is 12.6 Å². The highest BCUT2D eigenvalue weighted by Crippen LogP contribution is 2.04. The van der Waals surface area contributed by atoms with Gasteiger partial charge in [0.1, 0.15) is 0 Å². The highest BCUT2D eigenvalue weighted by atomic mass is 35.5. The van der Waals surface area contributed by atoms with Gasteiger partial charge in [-0.2, -0.15) is 5.10 Å². The molecule has 0 unspecified atom stereocenters. The van der Waals surface area contributed by atoms with Crippen LogP contribution in [0.2, 0.25) is 0 Å². The van der Waals surface area contributed by atoms with Crippen molar-refractivity contribution in [2.75, 3.05) is 0 Å². The number of alkyl halides is 1. The Labute approximate surface area is 86.3 Å². The maximum atomic E-state index is 5.62. The average molecular weight is 212 g/mol. The Morgan fingerprint density at radius 3 is 2.93 bits per heavy atom. The minimum atomic E-state index is 0.370. The first kappa shape index (κ1) is 9.21. The monoisotopic (exact) mass is 211 g/mol. The minimum absolute atomic E-state index is 0.370. The molecule has 0 amide bonds. The highest BCUT2D eigenvalue weighted by molar-refractivity contribution is 6.16. The van der Waals surface area contributed by atoms with Crippen molar-refractivity contribution >= 4 is 11.6 Å². The quantitative estimate of drug-likeness (QED) is 0.718. The Bertz CT molecular complexity index is 379. The Kier molecular flexibility index (Phi) is 2.49. The molecule has 2 aromatic rings. The van der Waals surface area contributed by atoms with Crippen LogP contribution < -0.4 is 0 Å². The van der Waals surface area contributed by atoms with Crippen molar-refractivity contribution in [3.8, 4) is 5.82 Å². The second-order valence-electron chi connectivity index (χ2n) is 2.82. The van der Waals surface area contributed by atoms with Gasteiger partial charge in [-0.05, 0) is 6.92 Å². The maximum Gasteiger partial charge on any atom is 0.176 e. The third kappa shape index (κ3) is 1.63. The fourth-order valence-corrected chi connectivity index (χ4v) is 1.24. The van der Waals surface area contributed by atoms with Gasteiger partial charge in [-0.3, -0.25) is 4.68 Å². The first-order valence-corrected chi connectivity index (χ1v) is 4.88. The Balaban J connectivity index is 2.29. The molecule has 2 heterocycles. The van der Waals surface area contributed by atoms with Crippen molar-refractivity contribution in [3.63, 3.8) is 0 Å². The summed E-state index contributed by atoms with van der Waals surface area (Å²) in [5, 5.41) is 12.1. The zero-order chi connectivity index (χ0) is 9.97. The van der Waals surface area contributed by atoms with Crippen LogP contribution in [0.15, 0.2) is 18.5 Å². The molecule has 0 aliphatic carbocycles. The van der Waals surface area contributed by atoms with Crippen LogP contribution in [0.5, 0.6) is 0 Å². The maximum absolute atomic E-state index is 5.62. The van der Waals surface area contributed by atoms with Crippen molar-refractivity contribution in [2.45, 2.75) is 19.3 Å². The van der Waals surface area contributed by atoms with Gasteiger partial charge in [0.25, 0.3) is 0 Å². The van der Waals surface area contributed by atoms with Crippen molar-refractivity contribution in [1.82, 2.24) is 24.8 Å². The van der Waals surface area contributed by atoms with Gasteiger partial charge in [0.05, 0.1) is 17.8 Å². The third-order valence-electron chi connectivity index (χ3n) is 1.86. The number of hydrogen-bond acceptors (Lipinski definition) is 3. The van der Waals surface area contributed by atoms with Crippen LogP contribution in [0, 0.1) is 0 Å². The summed E-state index contributed by atoms with van der Waals surface area (Å²) in [6.07, 6.45) is 3.67. The van der Waals surface area contributed by atoms with Gasteiger partial charge in [-0.1, -0.05) is 5.21 Å². The number of hydrogen-bond donors (Lipinski definition) is 0. The molecule has 0 fully saturated rings. The van der Waals surface area contributed by atoms with Gasteiger partial charge >= 0.3 is 0 Å². The van der Waals surface area contributed by atoms with Crippen LogP contribution in [-0.4, -0.2) is 24.8 Å². The fraction of sp³-hybridized carbons (Fsp3) is 0.375. The van der Waals surface area contributed by atoms with Gasteiger partial charge < -0.3 is 0 Å². The Hall–Kier alpha value is -1.36. The molecular formula is C8H10ClN5. The average Bonchev–Trinajstić information content (AvgIpc) is 2.86. The van der Waals surface area contributed by atoms with Crippen molar-refractivity contribution in [3.05, 3.63) is 24.2 Å². The van der Waals surface area contributed by atoms with E-state index in [9.17, 15) is 0 Å². The van der Waals surface area contributed by atoms with Crippen LogP contribution in [0.25, 0.3) is 5.82 Å². The van der Waals surface area contributed by atoms with Crippen molar-refractivity contribution in [2.24, 2.45) is 0 Å². The highest BCUT2D eigenvalue weighted by Gasteiger charge is 2.03. The molecule has 2 aromatic heterocycles. The molecule has 0 atom stereocenters. The van der Waals surface area contributed by atoms with E-state index in [0.717, 1.165) is 18.1 Å². The lowest BCUT2D eigenvalue weighted by Crippen LogP contribution is -1.99. The van der Waals surface area contributed by atoms with Crippen LogP contribution >= 0.6 is 11.6 Å². The summed E-state index contributed by atoms with van der Waals surface area (Å²) >= 11 is 5.62. The summed E-state index contributed by atoms with van der Waals surface area (Å²) in [6, 6.07) is 1.89. The topological polar surface area (TPSA) is 48.5 Å². The van der Waals surface area contributed by atoms with Crippen molar-refractivity contribution < 1.29 is 0 Å². The van der Waals surface area contributed by atoms with E-state index in [0.29, 0.717) is 5.88 Å². The molecule has 5 nitrogen and oxygen atoms in total. The Morgan fingerprint density at radius 2 is 2.36 bits per heavy atom. The molecule has 0 aliphatic rings. The molecular weight excluding hydrogens is 202 g/mol. The molecule has 0 aliphatic heterocycles. The third-order valence-corrected chi connectivity index (χ3v) is 2.14. The number of halogens is 1. The molecule has 14 heavy (non-hydrogen) atoms. The molecule has 0 saturated carbocycles. The largest absolute Gasteiger partial charge is 0.271 e.